The Morgan fingerprint density at radius 2 is 1.95 bits per heavy atom. The molecule has 0 radical (unpaired) electrons. The number of benzene rings is 1. The highest BCUT2D eigenvalue weighted by Crippen LogP contribution is 2.47. The second-order valence-corrected chi connectivity index (χ2v) is 7.71. The van der Waals surface area contributed by atoms with E-state index < -0.39 is 0 Å². The van der Waals surface area contributed by atoms with Crippen molar-refractivity contribution in [3.63, 3.8) is 0 Å². The molecular formula is C17H16N2OS2. The fourth-order valence-corrected chi connectivity index (χ4v) is 5.27. The van der Waals surface area contributed by atoms with Gasteiger partial charge in [-0.1, -0.05) is 53.9 Å². The summed E-state index contributed by atoms with van der Waals surface area (Å²) in [7, 11) is 0. The van der Waals surface area contributed by atoms with Crippen molar-refractivity contribution in [2.75, 3.05) is 0 Å². The average Bonchev–Trinajstić information content (AvgIpc) is 2.92. The molecule has 4 rings (SSSR count). The minimum absolute atomic E-state index is 0.0139. The van der Waals surface area contributed by atoms with Gasteiger partial charge in [-0.25, -0.2) is 4.99 Å². The zero-order valence-corrected chi connectivity index (χ0v) is 13.8. The number of nitrogens with zero attached hydrogens (tertiary/aromatic N) is 2. The third kappa shape index (κ3) is 2.68. The predicted octanol–water partition coefficient (Wildman–Crippen LogP) is 4.41. The monoisotopic (exact) mass is 328 g/mol. The lowest BCUT2D eigenvalue weighted by Gasteiger charge is -2.18. The summed E-state index contributed by atoms with van der Waals surface area (Å²) < 4.78 is 0. The molecule has 1 aliphatic carbocycles. The van der Waals surface area contributed by atoms with Gasteiger partial charge in [0.1, 0.15) is 5.92 Å². The summed E-state index contributed by atoms with van der Waals surface area (Å²) in [5, 5.41) is 1.58. The van der Waals surface area contributed by atoms with Crippen molar-refractivity contribution in [2.45, 2.75) is 31.4 Å². The standard InChI is InChI=1S/C17H16N2OS2/c20-15-14-12-8-4-5-9-13(12)22-16(14)19-17(18-15)21-10-11-6-2-1-3-7-11/h1-3,6-7,14H,4-5,8-10H2. The van der Waals surface area contributed by atoms with Gasteiger partial charge in [0.2, 0.25) is 0 Å². The molecule has 1 aromatic carbocycles. The number of amides is 1. The molecule has 1 amide bonds. The molecule has 0 saturated carbocycles. The van der Waals surface area contributed by atoms with E-state index in [4.69, 9.17) is 0 Å². The molecule has 5 heteroatoms. The maximum atomic E-state index is 12.4. The van der Waals surface area contributed by atoms with E-state index in [-0.39, 0.29) is 11.8 Å². The molecule has 0 fully saturated rings. The Morgan fingerprint density at radius 3 is 2.82 bits per heavy atom. The second-order valence-electron chi connectivity index (χ2n) is 5.65. The summed E-state index contributed by atoms with van der Waals surface area (Å²) in [5.41, 5.74) is 2.53. The number of fused-ring (bicyclic) bond motifs is 2. The fourth-order valence-electron chi connectivity index (χ4n) is 3.06. The van der Waals surface area contributed by atoms with Crippen molar-refractivity contribution < 1.29 is 4.79 Å². The Kier molecular flexibility index (Phi) is 3.92. The van der Waals surface area contributed by atoms with E-state index >= 15 is 0 Å². The Labute approximate surface area is 138 Å². The molecule has 2 heterocycles. The lowest BCUT2D eigenvalue weighted by molar-refractivity contribution is -0.118. The highest BCUT2D eigenvalue weighted by Gasteiger charge is 2.40. The fraction of sp³-hybridized carbons (Fsp3) is 0.353. The van der Waals surface area contributed by atoms with E-state index in [1.807, 2.05) is 18.2 Å². The van der Waals surface area contributed by atoms with Crippen LogP contribution in [0.4, 0.5) is 0 Å². The maximum Gasteiger partial charge on any atom is 0.262 e. The zero-order valence-electron chi connectivity index (χ0n) is 12.1. The van der Waals surface area contributed by atoms with Crippen molar-refractivity contribution in [3.8, 4) is 0 Å². The van der Waals surface area contributed by atoms with Crippen LogP contribution in [-0.2, 0) is 10.5 Å². The Bertz CT molecular complexity index is 707. The first-order valence-corrected chi connectivity index (χ1v) is 9.39. The highest BCUT2D eigenvalue weighted by atomic mass is 32.2. The molecule has 22 heavy (non-hydrogen) atoms. The van der Waals surface area contributed by atoms with Crippen LogP contribution in [-0.4, -0.2) is 16.1 Å². The van der Waals surface area contributed by atoms with Crippen molar-refractivity contribution >= 4 is 39.6 Å². The molecule has 0 aromatic heterocycles. The number of amidine groups is 1. The van der Waals surface area contributed by atoms with Gasteiger partial charge in [0.05, 0.1) is 5.04 Å². The summed E-state index contributed by atoms with van der Waals surface area (Å²) in [6.45, 7) is 0. The molecule has 3 aliphatic rings. The minimum atomic E-state index is -0.152. The molecule has 0 bridgehead atoms. The number of hydrogen-bond donors (Lipinski definition) is 0. The van der Waals surface area contributed by atoms with Crippen LogP contribution >= 0.6 is 23.5 Å². The molecule has 0 N–H and O–H groups in total. The van der Waals surface area contributed by atoms with Crippen molar-refractivity contribution in [2.24, 2.45) is 15.9 Å². The van der Waals surface area contributed by atoms with E-state index in [2.05, 4.69) is 22.1 Å². The summed E-state index contributed by atoms with van der Waals surface area (Å²) in [4.78, 5) is 22.7. The summed E-state index contributed by atoms with van der Waals surface area (Å²) in [6, 6.07) is 10.2. The van der Waals surface area contributed by atoms with Crippen LogP contribution in [0.3, 0.4) is 0 Å². The van der Waals surface area contributed by atoms with Crippen LogP contribution in [0.1, 0.15) is 31.2 Å². The van der Waals surface area contributed by atoms with Gasteiger partial charge in [-0.2, -0.15) is 4.99 Å². The normalized spacial score (nSPS) is 23.8. The molecule has 3 nitrogen and oxygen atoms in total. The lowest BCUT2D eigenvalue weighted by atomic mass is 9.89. The van der Waals surface area contributed by atoms with Crippen LogP contribution in [0.2, 0.25) is 0 Å². The van der Waals surface area contributed by atoms with Crippen molar-refractivity contribution in [3.05, 3.63) is 46.4 Å². The number of carbonyl (C=O) groups excluding carboxylic acids is 1. The average molecular weight is 328 g/mol. The SMILES string of the molecule is O=C1N=C(SCc2ccccc2)N=C2SC3=C(CCCC3)C12. The van der Waals surface area contributed by atoms with Gasteiger partial charge in [0.15, 0.2) is 5.17 Å². The molecule has 1 unspecified atom stereocenters. The van der Waals surface area contributed by atoms with Gasteiger partial charge in [-0.05, 0) is 41.7 Å². The van der Waals surface area contributed by atoms with Gasteiger partial charge in [-0.15, -0.1) is 0 Å². The lowest BCUT2D eigenvalue weighted by Crippen LogP contribution is -2.25. The number of hydrogen-bond acceptors (Lipinski definition) is 4. The number of allylic oxidation sites excluding steroid dienone is 1. The van der Waals surface area contributed by atoms with Crippen LogP contribution < -0.4 is 0 Å². The third-order valence-corrected chi connectivity index (χ3v) is 6.32. The molecule has 2 aliphatic heterocycles. The molecule has 1 aromatic rings. The highest BCUT2D eigenvalue weighted by molar-refractivity contribution is 8.18. The van der Waals surface area contributed by atoms with E-state index in [1.54, 1.807) is 23.5 Å². The van der Waals surface area contributed by atoms with Crippen LogP contribution in [0, 0.1) is 5.92 Å². The Hall–Kier alpha value is -1.33. The van der Waals surface area contributed by atoms with Gasteiger partial charge in [-0.3, -0.25) is 4.79 Å². The minimum Gasteiger partial charge on any atom is -0.271 e. The van der Waals surface area contributed by atoms with Gasteiger partial charge in [0, 0.05) is 5.75 Å². The summed E-state index contributed by atoms with van der Waals surface area (Å²) in [6.07, 6.45) is 4.57. The van der Waals surface area contributed by atoms with Gasteiger partial charge < -0.3 is 0 Å². The first kappa shape index (κ1) is 14.3. The topological polar surface area (TPSA) is 41.8 Å². The third-order valence-electron chi connectivity index (χ3n) is 4.15. The van der Waals surface area contributed by atoms with Crippen LogP contribution in [0.25, 0.3) is 0 Å². The molecule has 0 spiro atoms. The predicted molar refractivity (Wildman–Crippen MR) is 94.2 cm³/mol. The van der Waals surface area contributed by atoms with E-state index in [0.717, 1.165) is 23.6 Å². The second kappa shape index (κ2) is 6.05. The molecule has 0 saturated heterocycles. The van der Waals surface area contributed by atoms with Crippen LogP contribution in [0.5, 0.6) is 0 Å². The van der Waals surface area contributed by atoms with Crippen molar-refractivity contribution in [1.82, 2.24) is 0 Å². The van der Waals surface area contributed by atoms with Gasteiger partial charge in [0.25, 0.3) is 5.91 Å². The van der Waals surface area contributed by atoms with Gasteiger partial charge >= 0.3 is 0 Å². The molecule has 1 atom stereocenters. The zero-order chi connectivity index (χ0) is 14.9. The Balaban J connectivity index is 1.50. The molecular weight excluding hydrogens is 312 g/mol. The first-order valence-electron chi connectivity index (χ1n) is 7.59. The summed E-state index contributed by atoms with van der Waals surface area (Å²) >= 11 is 3.27. The number of carbonyl (C=O) groups is 1. The Morgan fingerprint density at radius 1 is 1.14 bits per heavy atom. The summed E-state index contributed by atoms with van der Waals surface area (Å²) in [5.74, 6) is 0.632. The van der Waals surface area contributed by atoms with E-state index in [0.29, 0.717) is 5.17 Å². The quantitative estimate of drug-likeness (QED) is 0.808. The maximum absolute atomic E-state index is 12.4. The first-order chi connectivity index (χ1) is 10.8. The van der Waals surface area contributed by atoms with Crippen molar-refractivity contribution in [1.29, 1.82) is 0 Å². The largest absolute Gasteiger partial charge is 0.271 e. The smallest absolute Gasteiger partial charge is 0.262 e. The number of thioether (sulfide) groups is 2. The van der Waals surface area contributed by atoms with E-state index in [9.17, 15) is 4.79 Å². The van der Waals surface area contributed by atoms with Crippen LogP contribution in [0.15, 0.2) is 50.8 Å². The van der Waals surface area contributed by atoms with E-state index in [1.165, 1.54) is 28.9 Å². The molecule has 112 valence electrons. The number of aliphatic imine (C=N–C) groups is 2. The number of rotatable bonds is 2.